The van der Waals surface area contributed by atoms with E-state index in [1.807, 2.05) is 31.2 Å². The van der Waals surface area contributed by atoms with Gasteiger partial charge in [0.05, 0.1) is 18.2 Å². The van der Waals surface area contributed by atoms with Gasteiger partial charge in [-0.05, 0) is 74.6 Å². The van der Waals surface area contributed by atoms with Crippen molar-refractivity contribution in [3.05, 3.63) is 85.4 Å². The molecular weight excluding hydrogens is 450 g/mol. The number of carbonyl (C=O) groups is 1. The molecule has 5 rings (SSSR count). The molecule has 0 atom stereocenters. The number of nitrogens with zero attached hydrogens (tertiary/aromatic N) is 2. The lowest BCUT2D eigenvalue weighted by molar-refractivity contribution is -0.116. The van der Waals surface area contributed by atoms with Crippen LogP contribution >= 0.6 is 11.3 Å². The third kappa shape index (κ3) is 3.94. The fraction of sp³-hybridized carbons (Fsp3) is 0.269. The van der Waals surface area contributed by atoms with Crippen molar-refractivity contribution in [1.82, 2.24) is 9.13 Å². The van der Waals surface area contributed by atoms with Crippen LogP contribution in [0, 0.1) is 6.92 Å². The van der Waals surface area contributed by atoms with Crippen molar-refractivity contribution >= 4 is 33.1 Å². The number of amides is 1. The SMILES string of the molecule is COc1ccc(-n2c(=O)c3c4c(sc3n(CC(=O)Nc3ccc(C)cc3)c2=O)CCCC4)cc1. The third-order valence-corrected chi connectivity index (χ3v) is 7.52. The average Bonchev–Trinajstić information content (AvgIpc) is 3.23. The summed E-state index contributed by atoms with van der Waals surface area (Å²) < 4.78 is 7.82. The first-order valence-electron chi connectivity index (χ1n) is 11.3. The maximum atomic E-state index is 13.6. The van der Waals surface area contributed by atoms with Gasteiger partial charge in [0.1, 0.15) is 17.1 Å². The van der Waals surface area contributed by atoms with E-state index in [9.17, 15) is 14.4 Å². The van der Waals surface area contributed by atoms with Gasteiger partial charge >= 0.3 is 5.69 Å². The molecule has 34 heavy (non-hydrogen) atoms. The lowest BCUT2D eigenvalue weighted by Gasteiger charge is -2.14. The molecule has 8 heteroatoms. The fourth-order valence-electron chi connectivity index (χ4n) is 4.45. The number of hydrogen-bond acceptors (Lipinski definition) is 5. The number of benzene rings is 2. The van der Waals surface area contributed by atoms with Crippen molar-refractivity contribution in [2.45, 2.75) is 39.2 Å². The standard InChI is InChI=1S/C26H25N3O4S/c1-16-7-9-17(10-8-16)27-22(30)15-28-25-23(20-5-3-4-6-21(20)34-25)24(31)29(26(28)32)18-11-13-19(33-2)14-12-18/h7-14H,3-6,15H2,1-2H3,(H,27,30). The van der Waals surface area contributed by atoms with Gasteiger partial charge in [0.25, 0.3) is 5.56 Å². The molecule has 0 saturated heterocycles. The van der Waals surface area contributed by atoms with E-state index in [1.165, 1.54) is 20.5 Å². The quantitative estimate of drug-likeness (QED) is 0.472. The van der Waals surface area contributed by atoms with Gasteiger partial charge in [-0.2, -0.15) is 0 Å². The number of aromatic nitrogens is 2. The molecule has 4 aromatic rings. The molecule has 1 aliphatic carbocycles. The highest BCUT2D eigenvalue weighted by molar-refractivity contribution is 7.18. The highest BCUT2D eigenvalue weighted by atomic mass is 32.1. The Morgan fingerprint density at radius 1 is 1.03 bits per heavy atom. The summed E-state index contributed by atoms with van der Waals surface area (Å²) in [5.74, 6) is 0.308. The molecule has 174 valence electrons. The Morgan fingerprint density at radius 3 is 2.44 bits per heavy atom. The summed E-state index contributed by atoms with van der Waals surface area (Å²) in [5, 5.41) is 3.42. The number of hydrogen-bond donors (Lipinski definition) is 1. The Balaban J connectivity index is 1.65. The van der Waals surface area contributed by atoms with E-state index < -0.39 is 5.69 Å². The van der Waals surface area contributed by atoms with Crippen molar-refractivity contribution < 1.29 is 9.53 Å². The van der Waals surface area contributed by atoms with E-state index in [0.29, 0.717) is 27.3 Å². The molecule has 0 unspecified atom stereocenters. The van der Waals surface area contributed by atoms with Crippen LogP contribution < -0.4 is 21.3 Å². The van der Waals surface area contributed by atoms with Crippen molar-refractivity contribution in [3.63, 3.8) is 0 Å². The summed E-state index contributed by atoms with van der Waals surface area (Å²) in [6.45, 7) is 1.79. The molecule has 1 amide bonds. The van der Waals surface area contributed by atoms with Gasteiger partial charge in [-0.3, -0.25) is 14.2 Å². The summed E-state index contributed by atoms with van der Waals surface area (Å²) in [5.41, 5.74) is 2.35. The van der Waals surface area contributed by atoms with Gasteiger partial charge in [-0.25, -0.2) is 9.36 Å². The molecule has 7 nitrogen and oxygen atoms in total. The fourth-order valence-corrected chi connectivity index (χ4v) is 5.82. The van der Waals surface area contributed by atoms with Gasteiger partial charge in [0.2, 0.25) is 5.91 Å². The minimum absolute atomic E-state index is 0.182. The molecule has 0 bridgehead atoms. The molecule has 1 N–H and O–H groups in total. The number of thiophene rings is 1. The minimum Gasteiger partial charge on any atom is -0.497 e. The third-order valence-electron chi connectivity index (χ3n) is 6.20. The van der Waals surface area contributed by atoms with Crippen LogP contribution in [0.15, 0.2) is 58.1 Å². The first-order valence-corrected chi connectivity index (χ1v) is 12.1. The highest BCUT2D eigenvalue weighted by Gasteiger charge is 2.25. The van der Waals surface area contributed by atoms with E-state index in [4.69, 9.17) is 4.74 Å². The van der Waals surface area contributed by atoms with Gasteiger partial charge in [-0.1, -0.05) is 17.7 Å². The van der Waals surface area contributed by atoms with Crippen LogP contribution in [0.5, 0.6) is 5.75 Å². The zero-order valence-electron chi connectivity index (χ0n) is 19.1. The second-order valence-electron chi connectivity index (χ2n) is 8.51. The Bertz CT molecular complexity index is 1500. The summed E-state index contributed by atoms with van der Waals surface area (Å²) in [6.07, 6.45) is 3.76. The van der Waals surface area contributed by atoms with Crippen molar-refractivity contribution in [2.75, 3.05) is 12.4 Å². The van der Waals surface area contributed by atoms with Crippen LogP contribution in [-0.4, -0.2) is 22.2 Å². The smallest absolute Gasteiger partial charge is 0.337 e. The second kappa shape index (κ2) is 8.95. The zero-order valence-corrected chi connectivity index (χ0v) is 19.9. The number of methoxy groups -OCH3 is 1. The Hall–Kier alpha value is -3.65. The van der Waals surface area contributed by atoms with Gasteiger partial charge in [0.15, 0.2) is 0 Å². The van der Waals surface area contributed by atoms with Crippen LogP contribution in [0.25, 0.3) is 15.9 Å². The minimum atomic E-state index is -0.527. The summed E-state index contributed by atoms with van der Waals surface area (Å²) in [7, 11) is 1.56. The molecule has 0 fully saturated rings. The van der Waals surface area contributed by atoms with Gasteiger partial charge in [0, 0.05) is 10.6 Å². The van der Waals surface area contributed by atoms with E-state index in [2.05, 4.69) is 5.32 Å². The average molecular weight is 476 g/mol. The number of ether oxygens (including phenoxy) is 1. The van der Waals surface area contributed by atoms with Crippen LogP contribution in [0.4, 0.5) is 5.69 Å². The Kier molecular flexibility index (Phi) is 5.83. The van der Waals surface area contributed by atoms with Crippen LogP contribution in [-0.2, 0) is 24.2 Å². The predicted molar refractivity (Wildman–Crippen MR) is 135 cm³/mol. The zero-order chi connectivity index (χ0) is 23.8. The van der Waals surface area contributed by atoms with Gasteiger partial charge < -0.3 is 10.1 Å². The number of rotatable bonds is 5. The number of fused-ring (bicyclic) bond motifs is 3. The number of nitrogens with one attached hydrogen (secondary N) is 1. The predicted octanol–water partition coefficient (Wildman–Crippen LogP) is 4.05. The Labute approximate surface area is 200 Å². The van der Waals surface area contributed by atoms with E-state index in [0.717, 1.165) is 41.7 Å². The maximum absolute atomic E-state index is 13.6. The Morgan fingerprint density at radius 2 is 1.74 bits per heavy atom. The first kappa shape index (κ1) is 22.2. The number of aryl methyl sites for hydroxylation is 3. The van der Waals surface area contributed by atoms with Crippen molar-refractivity contribution in [3.8, 4) is 11.4 Å². The van der Waals surface area contributed by atoms with E-state index in [1.54, 1.807) is 31.4 Å². The molecule has 0 radical (unpaired) electrons. The van der Waals surface area contributed by atoms with Crippen molar-refractivity contribution in [1.29, 1.82) is 0 Å². The van der Waals surface area contributed by atoms with Crippen LogP contribution in [0.2, 0.25) is 0 Å². The summed E-state index contributed by atoms with van der Waals surface area (Å²) in [4.78, 5) is 41.9. The topological polar surface area (TPSA) is 82.3 Å². The largest absolute Gasteiger partial charge is 0.497 e. The van der Waals surface area contributed by atoms with Gasteiger partial charge in [-0.15, -0.1) is 11.3 Å². The van der Waals surface area contributed by atoms with Crippen LogP contribution in [0.1, 0.15) is 28.8 Å². The number of anilines is 1. The summed E-state index contributed by atoms with van der Waals surface area (Å²) >= 11 is 1.46. The lowest BCUT2D eigenvalue weighted by Crippen LogP contribution is -2.40. The molecule has 2 heterocycles. The molecule has 1 aliphatic rings. The summed E-state index contributed by atoms with van der Waals surface area (Å²) in [6, 6.07) is 14.3. The number of carbonyl (C=O) groups excluding carboxylic acids is 1. The molecule has 0 aliphatic heterocycles. The molecule has 2 aromatic carbocycles. The first-order chi connectivity index (χ1) is 16.5. The highest BCUT2D eigenvalue weighted by Crippen LogP contribution is 2.34. The van der Waals surface area contributed by atoms with E-state index >= 15 is 0 Å². The molecule has 0 saturated carbocycles. The van der Waals surface area contributed by atoms with Crippen molar-refractivity contribution in [2.24, 2.45) is 0 Å². The molecule has 0 spiro atoms. The molecular formula is C26H25N3O4S. The lowest BCUT2D eigenvalue weighted by atomic mass is 9.97. The van der Waals surface area contributed by atoms with E-state index in [-0.39, 0.29) is 18.0 Å². The monoisotopic (exact) mass is 475 g/mol. The maximum Gasteiger partial charge on any atom is 0.337 e. The molecule has 2 aromatic heterocycles. The normalized spacial score (nSPS) is 13.0. The second-order valence-corrected chi connectivity index (χ2v) is 9.60. The van der Waals surface area contributed by atoms with Crippen LogP contribution in [0.3, 0.4) is 0 Å².